The van der Waals surface area contributed by atoms with Crippen LogP contribution in [0.4, 0.5) is 0 Å². The van der Waals surface area contributed by atoms with Crippen molar-refractivity contribution in [3.63, 3.8) is 0 Å². The number of aromatic amines is 1. The van der Waals surface area contributed by atoms with E-state index in [1.54, 1.807) is 10.9 Å². The third kappa shape index (κ3) is 3.09. The smallest absolute Gasteiger partial charge is 0.338 e. The molecule has 0 bridgehead atoms. The Morgan fingerprint density at radius 2 is 2.12 bits per heavy atom. The standard InChI is InChI=1S/C15H17N7O4/c23-13-11-12(16-9-21(11)2-1-20-3-5-26-6-4-20)18-15(19-13)22-8-10(7-17-22)14(24)25/h7-9H,1-6H2,(H,24,25)(H,18,19,23). The summed E-state index contributed by atoms with van der Waals surface area (Å²) in [6.45, 7) is 4.59. The maximum absolute atomic E-state index is 12.5. The lowest BCUT2D eigenvalue weighted by Crippen LogP contribution is -2.38. The van der Waals surface area contributed by atoms with Crippen LogP contribution in [0, 0.1) is 0 Å². The molecule has 0 aliphatic carbocycles. The van der Waals surface area contributed by atoms with E-state index >= 15 is 0 Å². The first-order chi connectivity index (χ1) is 12.6. The van der Waals surface area contributed by atoms with E-state index < -0.39 is 5.97 Å². The highest BCUT2D eigenvalue weighted by molar-refractivity contribution is 5.86. The average Bonchev–Trinajstić information content (AvgIpc) is 3.28. The molecule has 1 aliphatic heterocycles. The van der Waals surface area contributed by atoms with Crippen LogP contribution in [-0.4, -0.2) is 78.1 Å². The number of H-pyrrole nitrogens is 1. The molecule has 0 unspecified atom stereocenters. The second kappa shape index (κ2) is 6.69. The van der Waals surface area contributed by atoms with Crippen LogP contribution in [-0.2, 0) is 11.3 Å². The molecule has 2 N–H and O–H groups in total. The Morgan fingerprint density at radius 1 is 1.31 bits per heavy atom. The van der Waals surface area contributed by atoms with E-state index in [0.717, 1.165) is 32.8 Å². The topological polar surface area (TPSA) is 131 Å². The number of carboxylic acids is 1. The lowest BCUT2D eigenvalue weighted by Gasteiger charge is -2.26. The van der Waals surface area contributed by atoms with E-state index in [9.17, 15) is 9.59 Å². The second-order valence-electron chi connectivity index (χ2n) is 5.93. The van der Waals surface area contributed by atoms with Gasteiger partial charge in [-0.2, -0.15) is 10.1 Å². The summed E-state index contributed by atoms with van der Waals surface area (Å²) in [4.78, 5) is 36.8. The van der Waals surface area contributed by atoms with Gasteiger partial charge in [-0.05, 0) is 0 Å². The van der Waals surface area contributed by atoms with Crippen molar-refractivity contribution >= 4 is 17.1 Å². The zero-order valence-corrected chi connectivity index (χ0v) is 13.8. The van der Waals surface area contributed by atoms with Gasteiger partial charge >= 0.3 is 5.97 Å². The Balaban J connectivity index is 1.60. The van der Waals surface area contributed by atoms with E-state index in [0.29, 0.717) is 12.1 Å². The van der Waals surface area contributed by atoms with Crippen molar-refractivity contribution in [2.24, 2.45) is 0 Å². The zero-order valence-electron chi connectivity index (χ0n) is 13.8. The monoisotopic (exact) mass is 359 g/mol. The maximum Gasteiger partial charge on any atom is 0.338 e. The predicted molar refractivity (Wildman–Crippen MR) is 89.5 cm³/mol. The molecule has 1 fully saturated rings. The summed E-state index contributed by atoms with van der Waals surface area (Å²) in [6, 6.07) is 0. The molecule has 136 valence electrons. The van der Waals surface area contributed by atoms with Gasteiger partial charge in [-0.25, -0.2) is 14.5 Å². The number of nitrogens with one attached hydrogen (secondary N) is 1. The minimum Gasteiger partial charge on any atom is -0.478 e. The largest absolute Gasteiger partial charge is 0.478 e. The fourth-order valence-electron chi connectivity index (χ4n) is 2.88. The minimum atomic E-state index is -1.10. The fraction of sp³-hybridized carbons (Fsp3) is 0.400. The van der Waals surface area contributed by atoms with Crippen molar-refractivity contribution in [3.05, 3.63) is 34.6 Å². The number of fused-ring (bicyclic) bond motifs is 1. The number of carboxylic acid groups (broad SMARTS) is 1. The van der Waals surface area contributed by atoms with Crippen molar-refractivity contribution in [1.29, 1.82) is 0 Å². The zero-order chi connectivity index (χ0) is 18.1. The Kier molecular flexibility index (Phi) is 4.22. The molecule has 26 heavy (non-hydrogen) atoms. The number of morpholine rings is 1. The van der Waals surface area contributed by atoms with Gasteiger partial charge in [-0.3, -0.25) is 14.7 Å². The molecule has 0 aromatic carbocycles. The summed E-state index contributed by atoms with van der Waals surface area (Å²) in [5.41, 5.74) is 0.325. The van der Waals surface area contributed by atoms with Crippen LogP contribution in [0.15, 0.2) is 23.5 Å². The third-order valence-electron chi connectivity index (χ3n) is 4.28. The molecule has 0 spiro atoms. The van der Waals surface area contributed by atoms with E-state index in [1.807, 2.05) is 0 Å². The third-order valence-corrected chi connectivity index (χ3v) is 4.28. The highest BCUT2D eigenvalue weighted by Crippen LogP contribution is 2.09. The summed E-state index contributed by atoms with van der Waals surface area (Å²) < 4.78 is 8.30. The van der Waals surface area contributed by atoms with Crippen LogP contribution in [0.1, 0.15) is 10.4 Å². The van der Waals surface area contributed by atoms with Crippen LogP contribution in [0.3, 0.4) is 0 Å². The van der Waals surface area contributed by atoms with Crippen LogP contribution in [0.5, 0.6) is 0 Å². The van der Waals surface area contributed by atoms with Crippen molar-refractivity contribution in [2.75, 3.05) is 32.8 Å². The Labute approximate surface area is 146 Å². The van der Waals surface area contributed by atoms with E-state index in [4.69, 9.17) is 9.84 Å². The van der Waals surface area contributed by atoms with Gasteiger partial charge in [0.25, 0.3) is 5.56 Å². The average molecular weight is 359 g/mol. The van der Waals surface area contributed by atoms with Crippen LogP contribution < -0.4 is 5.56 Å². The molecule has 0 amide bonds. The molecule has 4 heterocycles. The summed E-state index contributed by atoms with van der Waals surface area (Å²) in [7, 11) is 0. The molecule has 3 aromatic rings. The number of imidazole rings is 1. The van der Waals surface area contributed by atoms with E-state index in [-0.39, 0.29) is 22.7 Å². The molecule has 3 aromatic heterocycles. The highest BCUT2D eigenvalue weighted by atomic mass is 16.5. The number of ether oxygens (including phenoxy) is 1. The van der Waals surface area contributed by atoms with Gasteiger partial charge in [0.2, 0.25) is 5.95 Å². The lowest BCUT2D eigenvalue weighted by molar-refractivity contribution is 0.0365. The van der Waals surface area contributed by atoms with Gasteiger partial charge in [0.15, 0.2) is 11.2 Å². The number of rotatable bonds is 5. The molecule has 0 saturated carbocycles. The van der Waals surface area contributed by atoms with Crippen molar-refractivity contribution in [3.8, 4) is 5.95 Å². The Bertz CT molecular complexity index is 999. The first kappa shape index (κ1) is 16.4. The SMILES string of the molecule is O=C(O)c1cnn(-c2nc3ncn(CCN4CCOCC4)c3c(=O)[nH]2)c1. The van der Waals surface area contributed by atoms with E-state index in [1.165, 1.54) is 17.1 Å². The fourth-order valence-corrected chi connectivity index (χ4v) is 2.88. The number of hydrogen-bond donors (Lipinski definition) is 2. The normalized spacial score (nSPS) is 15.5. The van der Waals surface area contributed by atoms with Crippen LogP contribution in [0.2, 0.25) is 0 Å². The van der Waals surface area contributed by atoms with Gasteiger partial charge in [-0.15, -0.1) is 0 Å². The lowest BCUT2D eigenvalue weighted by atomic mass is 10.4. The molecule has 0 atom stereocenters. The summed E-state index contributed by atoms with van der Waals surface area (Å²) >= 11 is 0. The quantitative estimate of drug-likeness (QED) is 0.613. The Hall–Kier alpha value is -3.05. The number of aromatic carboxylic acids is 1. The molecular weight excluding hydrogens is 342 g/mol. The van der Waals surface area contributed by atoms with Gasteiger partial charge in [0.05, 0.1) is 31.3 Å². The van der Waals surface area contributed by atoms with E-state index in [2.05, 4.69) is 25.0 Å². The number of carbonyl (C=O) groups is 1. The van der Waals surface area contributed by atoms with Gasteiger partial charge in [0, 0.05) is 32.4 Å². The van der Waals surface area contributed by atoms with Crippen LogP contribution in [0.25, 0.3) is 17.1 Å². The van der Waals surface area contributed by atoms with Crippen LogP contribution >= 0.6 is 0 Å². The van der Waals surface area contributed by atoms with Crippen molar-refractivity contribution in [2.45, 2.75) is 6.54 Å². The molecule has 1 saturated heterocycles. The molecule has 11 nitrogen and oxygen atoms in total. The number of hydrogen-bond acceptors (Lipinski definition) is 7. The second-order valence-corrected chi connectivity index (χ2v) is 5.93. The van der Waals surface area contributed by atoms with Crippen molar-refractivity contribution in [1.82, 2.24) is 34.2 Å². The Morgan fingerprint density at radius 3 is 2.85 bits per heavy atom. The molecule has 1 aliphatic rings. The van der Waals surface area contributed by atoms with Gasteiger partial charge < -0.3 is 14.4 Å². The number of nitrogens with zero attached hydrogens (tertiary/aromatic N) is 6. The highest BCUT2D eigenvalue weighted by Gasteiger charge is 2.15. The predicted octanol–water partition coefficient (Wildman–Crippen LogP) is -0.664. The molecule has 0 radical (unpaired) electrons. The first-order valence-electron chi connectivity index (χ1n) is 8.15. The number of aromatic nitrogens is 6. The summed E-state index contributed by atoms with van der Waals surface area (Å²) in [5, 5.41) is 12.9. The molecule has 4 rings (SSSR count). The van der Waals surface area contributed by atoms with Crippen molar-refractivity contribution < 1.29 is 14.6 Å². The summed E-state index contributed by atoms with van der Waals surface area (Å²) in [5.74, 6) is -0.986. The minimum absolute atomic E-state index is 0.00351. The maximum atomic E-state index is 12.5. The molecule has 11 heteroatoms. The molecular formula is C15H17N7O4. The first-order valence-corrected chi connectivity index (χ1v) is 8.15. The summed E-state index contributed by atoms with van der Waals surface area (Å²) in [6.07, 6.45) is 4.05. The van der Waals surface area contributed by atoms with Gasteiger partial charge in [-0.1, -0.05) is 0 Å². The van der Waals surface area contributed by atoms with Gasteiger partial charge in [0.1, 0.15) is 0 Å².